The van der Waals surface area contributed by atoms with Crippen molar-refractivity contribution < 1.29 is 9.42 Å². The highest BCUT2D eigenvalue weighted by Gasteiger charge is 2.29. The molecule has 0 radical (unpaired) electrons. The van der Waals surface area contributed by atoms with E-state index in [-0.39, 0.29) is 18.2 Å². The van der Waals surface area contributed by atoms with Crippen molar-refractivity contribution in [3.8, 4) is 11.1 Å². The summed E-state index contributed by atoms with van der Waals surface area (Å²) in [6.07, 6.45) is 5.90. The average Bonchev–Trinajstić information content (AvgIpc) is 3.39. The van der Waals surface area contributed by atoms with Crippen molar-refractivity contribution in [2.24, 2.45) is 0 Å². The third-order valence-electron chi connectivity index (χ3n) is 6.29. The maximum absolute atomic E-state index is 13.0. The van der Waals surface area contributed by atoms with E-state index in [1.807, 2.05) is 24.2 Å². The number of nitrogens with one attached hydrogen (secondary N) is 1. The number of para-hydroxylation sites is 1. The summed E-state index contributed by atoms with van der Waals surface area (Å²) < 4.78 is 4.75. The zero-order valence-electron chi connectivity index (χ0n) is 17.8. The molecule has 1 atom stereocenters. The van der Waals surface area contributed by atoms with Crippen molar-refractivity contribution in [1.29, 1.82) is 0 Å². The molecule has 4 aromatic rings. The molecule has 1 aliphatic heterocycles. The first-order chi connectivity index (χ1) is 15.1. The molecular weight excluding hydrogens is 390 g/mol. The van der Waals surface area contributed by atoms with E-state index >= 15 is 0 Å². The number of nitrogens with zero attached hydrogens (tertiary/aromatic N) is 4. The predicted molar refractivity (Wildman–Crippen MR) is 118 cm³/mol. The lowest BCUT2D eigenvalue weighted by atomic mass is 9.89. The number of rotatable bonds is 4. The van der Waals surface area contributed by atoms with Gasteiger partial charge in [0.15, 0.2) is 0 Å². The van der Waals surface area contributed by atoms with Gasteiger partial charge in [-0.15, -0.1) is 0 Å². The number of aromatic amines is 1. The van der Waals surface area contributed by atoms with Crippen LogP contribution in [0.2, 0.25) is 0 Å². The smallest absolute Gasteiger partial charge is 0.228 e. The SMILES string of the molecule is Cc1nonc1CC(=O)N1CCC[C@H](c2[nH]c3c(C)cccc3c2-c2ccncc2)C1. The van der Waals surface area contributed by atoms with Crippen LogP contribution >= 0.6 is 0 Å². The second kappa shape index (κ2) is 7.98. The molecule has 1 fully saturated rings. The largest absolute Gasteiger partial charge is 0.357 e. The lowest BCUT2D eigenvalue weighted by Gasteiger charge is -2.33. The summed E-state index contributed by atoms with van der Waals surface area (Å²) >= 11 is 0. The quantitative estimate of drug-likeness (QED) is 0.540. The number of benzene rings is 1. The molecule has 158 valence electrons. The van der Waals surface area contributed by atoms with E-state index in [0.29, 0.717) is 17.9 Å². The molecule has 7 heteroatoms. The molecule has 1 N–H and O–H groups in total. The monoisotopic (exact) mass is 415 g/mol. The van der Waals surface area contributed by atoms with E-state index in [1.165, 1.54) is 22.2 Å². The van der Waals surface area contributed by atoms with Gasteiger partial charge in [0, 0.05) is 53.6 Å². The Bertz CT molecular complexity index is 1230. The predicted octanol–water partition coefficient (Wildman–Crippen LogP) is 4.18. The van der Waals surface area contributed by atoms with Crippen LogP contribution in [0.4, 0.5) is 0 Å². The van der Waals surface area contributed by atoms with E-state index in [2.05, 4.69) is 57.5 Å². The number of aryl methyl sites for hydroxylation is 2. The number of piperidine rings is 1. The molecule has 4 heterocycles. The second-order valence-electron chi connectivity index (χ2n) is 8.30. The molecule has 1 saturated heterocycles. The molecule has 0 unspecified atom stereocenters. The number of pyridine rings is 1. The van der Waals surface area contributed by atoms with Gasteiger partial charge in [0.1, 0.15) is 11.4 Å². The van der Waals surface area contributed by atoms with Gasteiger partial charge < -0.3 is 9.88 Å². The molecule has 1 amide bonds. The van der Waals surface area contributed by atoms with Gasteiger partial charge in [-0.3, -0.25) is 9.78 Å². The number of amides is 1. The highest BCUT2D eigenvalue weighted by molar-refractivity contribution is 5.99. The lowest BCUT2D eigenvalue weighted by molar-refractivity contribution is -0.131. The van der Waals surface area contributed by atoms with Crippen molar-refractivity contribution in [2.45, 2.75) is 39.0 Å². The Hall–Kier alpha value is -3.48. The number of carbonyl (C=O) groups is 1. The number of hydrogen-bond donors (Lipinski definition) is 1. The molecule has 1 aromatic carbocycles. The standard InChI is InChI=1S/C24H25N5O2/c1-15-5-3-7-19-22(17-8-10-25-11-9-17)24(26-23(15)19)18-6-4-12-29(14-18)21(30)13-20-16(2)27-31-28-20/h3,5,7-11,18,26H,4,6,12-14H2,1-2H3/t18-/m0/s1. The summed E-state index contributed by atoms with van der Waals surface area (Å²) in [4.78, 5) is 22.8. The molecule has 0 aliphatic carbocycles. The first kappa shape index (κ1) is 19.5. The van der Waals surface area contributed by atoms with Crippen molar-refractivity contribution in [3.05, 3.63) is 65.4 Å². The Morgan fingerprint density at radius 3 is 2.81 bits per heavy atom. The van der Waals surface area contributed by atoms with Crippen LogP contribution < -0.4 is 0 Å². The van der Waals surface area contributed by atoms with Gasteiger partial charge in [-0.2, -0.15) is 0 Å². The van der Waals surface area contributed by atoms with Crippen LogP contribution in [0.3, 0.4) is 0 Å². The van der Waals surface area contributed by atoms with Crippen LogP contribution in [0.1, 0.15) is 41.4 Å². The summed E-state index contributed by atoms with van der Waals surface area (Å²) in [6, 6.07) is 10.5. The van der Waals surface area contributed by atoms with Crippen molar-refractivity contribution in [2.75, 3.05) is 13.1 Å². The summed E-state index contributed by atoms with van der Waals surface area (Å²) in [5.41, 5.74) is 7.24. The highest BCUT2D eigenvalue weighted by atomic mass is 16.6. The molecule has 7 nitrogen and oxygen atoms in total. The van der Waals surface area contributed by atoms with Gasteiger partial charge in [0.25, 0.3) is 0 Å². The minimum atomic E-state index is 0.0706. The fraction of sp³-hybridized carbons (Fsp3) is 0.333. The fourth-order valence-electron chi connectivity index (χ4n) is 4.62. The molecule has 0 bridgehead atoms. The number of H-pyrrole nitrogens is 1. The van der Waals surface area contributed by atoms with Gasteiger partial charge in [-0.05, 0) is 49.9 Å². The average molecular weight is 415 g/mol. The van der Waals surface area contributed by atoms with Gasteiger partial charge in [0.05, 0.1) is 6.42 Å². The first-order valence-corrected chi connectivity index (χ1v) is 10.7. The van der Waals surface area contributed by atoms with Crippen molar-refractivity contribution in [1.82, 2.24) is 25.2 Å². The maximum atomic E-state index is 13.0. The Morgan fingerprint density at radius 1 is 1.19 bits per heavy atom. The van der Waals surface area contributed by atoms with Crippen LogP contribution in [0.15, 0.2) is 47.4 Å². The summed E-state index contributed by atoms with van der Waals surface area (Å²) in [7, 11) is 0. The number of fused-ring (bicyclic) bond motifs is 1. The third kappa shape index (κ3) is 3.60. The molecular formula is C24H25N5O2. The number of hydrogen-bond acceptors (Lipinski definition) is 5. The van der Waals surface area contributed by atoms with E-state index in [1.54, 1.807) is 0 Å². The van der Waals surface area contributed by atoms with Crippen molar-refractivity contribution >= 4 is 16.8 Å². The van der Waals surface area contributed by atoms with Gasteiger partial charge >= 0.3 is 0 Å². The molecule has 3 aromatic heterocycles. The number of carbonyl (C=O) groups excluding carboxylic acids is 1. The number of likely N-dealkylation sites (tertiary alicyclic amines) is 1. The van der Waals surface area contributed by atoms with Gasteiger partial charge in [0.2, 0.25) is 5.91 Å². The lowest BCUT2D eigenvalue weighted by Crippen LogP contribution is -2.40. The van der Waals surface area contributed by atoms with E-state index < -0.39 is 0 Å². The highest BCUT2D eigenvalue weighted by Crippen LogP contribution is 2.40. The van der Waals surface area contributed by atoms with E-state index in [4.69, 9.17) is 4.63 Å². The van der Waals surface area contributed by atoms with Crippen LogP contribution in [0.25, 0.3) is 22.0 Å². The zero-order chi connectivity index (χ0) is 21.4. The Kier molecular flexibility index (Phi) is 5.02. The maximum Gasteiger partial charge on any atom is 0.228 e. The minimum Gasteiger partial charge on any atom is -0.357 e. The first-order valence-electron chi connectivity index (χ1n) is 10.7. The summed E-state index contributed by atoms with van der Waals surface area (Å²) in [6.45, 7) is 5.40. The fourth-order valence-corrected chi connectivity index (χ4v) is 4.62. The van der Waals surface area contributed by atoms with Crippen LogP contribution in [0.5, 0.6) is 0 Å². The van der Waals surface area contributed by atoms with Crippen LogP contribution in [-0.4, -0.2) is 44.2 Å². The zero-order valence-corrected chi connectivity index (χ0v) is 17.8. The molecule has 1 aliphatic rings. The van der Waals surface area contributed by atoms with E-state index in [0.717, 1.165) is 30.5 Å². The molecule has 5 rings (SSSR count). The summed E-state index contributed by atoms with van der Waals surface area (Å²) in [5, 5.41) is 8.88. The van der Waals surface area contributed by atoms with Crippen LogP contribution in [-0.2, 0) is 11.2 Å². The Labute approximate surface area is 180 Å². The normalized spacial score (nSPS) is 16.7. The number of aromatic nitrogens is 4. The van der Waals surface area contributed by atoms with Crippen molar-refractivity contribution in [3.63, 3.8) is 0 Å². The molecule has 31 heavy (non-hydrogen) atoms. The summed E-state index contributed by atoms with van der Waals surface area (Å²) in [5.74, 6) is 0.311. The van der Waals surface area contributed by atoms with Gasteiger partial charge in [-0.25, -0.2) is 4.63 Å². The van der Waals surface area contributed by atoms with Gasteiger partial charge in [-0.1, -0.05) is 28.5 Å². The third-order valence-corrected chi connectivity index (χ3v) is 6.29. The second-order valence-corrected chi connectivity index (χ2v) is 8.30. The van der Waals surface area contributed by atoms with E-state index in [9.17, 15) is 4.79 Å². The molecule has 0 spiro atoms. The Balaban J connectivity index is 1.49. The molecule has 0 saturated carbocycles. The topological polar surface area (TPSA) is 87.9 Å². The Morgan fingerprint density at radius 2 is 2.03 bits per heavy atom. The van der Waals surface area contributed by atoms with Crippen LogP contribution in [0, 0.1) is 13.8 Å². The minimum absolute atomic E-state index is 0.0706.